The molecule has 21 heavy (non-hydrogen) atoms. The zero-order valence-corrected chi connectivity index (χ0v) is 14.1. The maximum absolute atomic E-state index is 6.13. The third-order valence-electron chi connectivity index (χ3n) is 4.77. The van der Waals surface area contributed by atoms with Crippen LogP contribution in [0.3, 0.4) is 0 Å². The summed E-state index contributed by atoms with van der Waals surface area (Å²) in [6.07, 6.45) is 8.49. The highest BCUT2D eigenvalue weighted by Crippen LogP contribution is 2.34. The topological polar surface area (TPSA) is 21.3 Å². The van der Waals surface area contributed by atoms with Gasteiger partial charge in [-0.1, -0.05) is 56.3 Å². The molecular weight excluding hydrogens is 282 g/mol. The molecule has 3 heteroatoms. The van der Waals surface area contributed by atoms with Crippen molar-refractivity contribution in [3.63, 3.8) is 0 Å². The number of benzene rings is 1. The molecule has 1 atom stereocenters. The highest BCUT2D eigenvalue weighted by atomic mass is 35.5. The monoisotopic (exact) mass is 309 g/mol. The second kappa shape index (κ2) is 8.17. The van der Waals surface area contributed by atoms with Gasteiger partial charge >= 0.3 is 0 Å². The molecule has 0 heterocycles. The minimum atomic E-state index is -0.0329. The van der Waals surface area contributed by atoms with Crippen molar-refractivity contribution in [3.8, 4) is 0 Å². The summed E-state index contributed by atoms with van der Waals surface area (Å²) >= 11 is 6.13. The Morgan fingerprint density at radius 2 is 1.95 bits per heavy atom. The zero-order chi connectivity index (χ0) is 15.1. The fourth-order valence-electron chi connectivity index (χ4n) is 3.61. The van der Waals surface area contributed by atoms with E-state index in [1.165, 1.54) is 31.2 Å². The number of likely N-dealkylation sites (N-methyl/N-ethyl adjacent to an activating group) is 1. The van der Waals surface area contributed by atoms with Crippen LogP contribution in [0.1, 0.15) is 51.0 Å². The number of hydrogen-bond acceptors (Lipinski definition) is 2. The molecule has 0 spiro atoms. The Kier molecular flexibility index (Phi) is 6.53. The van der Waals surface area contributed by atoms with Crippen LogP contribution >= 0.6 is 11.6 Å². The Morgan fingerprint density at radius 3 is 2.52 bits per heavy atom. The predicted octanol–water partition coefficient (Wildman–Crippen LogP) is 4.60. The molecule has 0 aromatic heterocycles. The Bertz CT molecular complexity index is 427. The van der Waals surface area contributed by atoms with Gasteiger partial charge in [0, 0.05) is 18.2 Å². The minimum absolute atomic E-state index is 0.0329. The van der Waals surface area contributed by atoms with Crippen molar-refractivity contribution in [2.75, 3.05) is 13.7 Å². The lowest BCUT2D eigenvalue weighted by molar-refractivity contribution is -0.0523. The van der Waals surface area contributed by atoms with E-state index in [9.17, 15) is 0 Å². The molecule has 1 aliphatic carbocycles. The molecule has 1 aromatic rings. The summed E-state index contributed by atoms with van der Waals surface area (Å²) in [5.74, 6) is 0. The van der Waals surface area contributed by atoms with Crippen molar-refractivity contribution in [2.45, 2.75) is 63.5 Å². The maximum Gasteiger partial charge on any atom is 0.0834 e. The Hall–Kier alpha value is -0.570. The normalized spacial score (nSPS) is 20.0. The molecule has 1 unspecified atom stereocenters. The first kappa shape index (κ1) is 16.8. The second-order valence-electron chi connectivity index (χ2n) is 6.13. The van der Waals surface area contributed by atoms with E-state index < -0.39 is 0 Å². The second-order valence-corrected chi connectivity index (χ2v) is 6.56. The Balaban J connectivity index is 2.18. The highest BCUT2D eigenvalue weighted by molar-refractivity contribution is 6.30. The average Bonchev–Trinajstić information content (AvgIpc) is 2.73. The molecule has 0 bridgehead atoms. The van der Waals surface area contributed by atoms with E-state index in [-0.39, 0.29) is 5.60 Å². The van der Waals surface area contributed by atoms with Gasteiger partial charge in [-0.3, -0.25) is 0 Å². The van der Waals surface area contributed by atoms with Crippen LogP contribution in [-0.2, 0) is 11.2 Å². The summed E-state index contributed by atoms with van der Waals surface area (Å²) in [7, 11) is 1.88. The van der Waals surface area contributed by atoms with Gasteiger partial charge in [0.05, 0.1) is 5.60 Å². The smallest absolute Gasteiger partial charge is 0.0834 e. The molecule has 1 N–H and O–H groups in total. The van der Waals surface area contributed by atoms with Crippen LogP contribution in [0.25, 0.3) is 0 Å². The summed E-state index contributed by atoms with van der Waals surface area (Å²) in [5, 5.41) is 4.49. The lowest BCUT2D eigenvalue weighted by Crippen LogP contribution is -2.53. The van der Waals surface area contributed by atoms with Gasteiger partial charge in [-0.15, -0.1) is 0 Å². The molecule has 0 amide bonds. The lowest BCUT2D eigenvalue weighted by atomic mass is 9.82. The van der Waals surface area contributed by atoms with Gasteiger partial charge in [-0.05, 0) is 43.5 Å². The van der Waals surface area contributed by atoms with Crippen LogP contribution in [0.5, 0.6) is 0 Å². The molecule has 1 aliphatic rings. The highest BCUT2D eigenvalue weighted by Gasteiger charge is 2.38. The molecule has 2 nitrogen and oxygen atoms in total. The van der Waals surface area contributed by atoms with Gasteiger partial charge in [0.15, 0.2) is 0 Å². The molecule has 1 fully saturated rings. The zero-order valence-electron chi connectivity index (χ0n) is 13.3. The van der Waals surface area contributed by atoms with Crippen molar-refractivity contribution in [2.24, 2.45) is 0 Å². The van der Waals surface area contributed by atoms with Gasteiger partial charge in [0.25, 0.3) is 0 Å². The summed E-state index contributed by atoms with van der Waals surface area (Å²) in [6, 6.07) is 8.56. The summed E-state index contributed by atoms with van der Waals surface area (Å²) in [5.41, 5.74) is 1.25. The molecule has 1 aromatic carbocycles. The standard InChI is InChI=1S/C18H28ClNO/c1-3-20-17(14-15-9-8-10-16(19)13-15)18(21-2)11-6-4-5-7-12-18/h8-10,13,17,20H,3-7,11-12,14H2,1-2H3. The van der Waals surface area contributed by atoms with E-state index in [1.807, 2.05) is 19.2 Å². The third kappa shape index (κ3) is 4.45. The number of rotatable bonds is 6. The van der Waals surface area contributed by atoms with Crippen molar-refractivity contribution >= 4 is 11.6 Å². The van der Waals surface area contributed by atoms with Crippen molar-refractivity contribution in [1.82, 2.24) is 5.32 Å². The quantitative estimate of drug-likeness (QED) is 0.775. The van der Waals surface area contributed by atoms with Crippen molar-refractivity contribution in [3.05, 3.63) is 34.9 Å². The maximum atomic E-state index is 6.13. The van der Waals surface area contributed by atoms with Gasteiger partial charge in [0.2, 0.25) is 0 Å². The predicted molar refractivity (Wildman–Crippen MR) is 90.1 cm³/mol. The van der Waals surface area contributed by atoms with E-state index in [4.69, 9.17) is 16.3 Å². The van der Waals surface area contributed by atoms with E-state index in [2.05, 4.69) is 24.4 Å². The van der Waals surface area contributed by atoms with Crippen LogP contribution in [0.4, 0.5) is 0 Å². The molecule has 0 saturated heterocycles. The van der Waals surface area contributed by atoms with E-state index in [0.717, 1.165) is 30.8 Å². The van der Waals surface area contributed by atoms with Crippen LogP contribution in [0.15, 0.2) is 24.3 Å². The summed E-state index contributed by atoms with van der Waals surface area (Å²) < 4.78 is 6.08. The Morgan fingerprint density at radius 1 is 1.24 bits per heavy atom. The van der Waals surface area contributed by atoms with Crippen LogP contribution in [0, 0.1) is 0 Å². The van der Waals surface area contributed by atoms with E-state index >= 15 is 0 Å². The largest absolute Gasteiger partial charge is 0.377 e. The SMILES string of the molecule is CCNC(Cc1cccc(Cl)c1)C1(OC)CCCCCC1. The molecule has 2 rings (SSSR count). The minimum Gasteiger partial charge on any atom is -0.377 e. The summed E-state index contributed by atoms with van der Waals surface area (Å²) in [6.45, 7) is 3.14. The molecule has 0 radical (unpaired) electrons. The van der Waals surface area contributed by atoms with Crippen molar-refractivity contribution < 1.29 is 4.74 Å². The molecular formula is C18H28ClNO. The first-order chi connectivity index (χ1) is 10.2. The van der Waals surface area contributed by atoms with Gasteiger partial charge in [-0.2, -0.15) is 0 Å². The first-order valence-corrected chi connectivity index (χ1v) is 8.61. The van der Waals surface area contributed by atoms with E-state index in [1.54, 1.807) is 0 Å². The first-order valence-electron chi connectivity index (χ1n) is 8.23. The number of ether oxygens (including phenoxy) is 1. The molecule has 0 aliphatic heterocycles. The Labute approximate surface area is 134 Å². The number of halogens is 1. The fraction of sp³-hybridized carbons (Fsp3) is 0.667. The van der Waals surface area contributed by atoms with Crippen LogP contribution in [-0.4, -0.2) is 25.3 Å². The number of nitrogens with one attached hydrogen (secondary N) is 1. The van der Waals surface area contributed by atoms with Gasteiger partial charge in [-0.25, -0.2) is 0 Å². The average molecular weight is 310 g/mol. The van der Waals surface area contributed by atoms with Crippen LogP contribution < -0.4 is 5.32 Å². The van der Waals surface area contributed by atoms with Gasteiger partial charge < -0.3 is 10.1 Å². The summed E-state index contributed by atoms with van der Waals surface area (Å²) in [4.78, 5) is 0. The third-order valence-corrected chi connectivity index (χ3v) is 5.01. The van der Waals surface area contributed by atoms with Crippen molar-refractivity contribution in [1.29, 1.82) is 0 Å². The van der Waals surface area contributed by atoms with E-state index in [0.29, 0.717) is 6.04 Å². The number of hydrogen-bond donors (Lipinski definition) is 1. The fourth-order valence-corrected chi connectivity index (χ4v) is 3.82. The molecule has 118 valence electrons. The van der Waals surface area contributed by atoms with Crippen LogP contribution in [0.2, 0.25) is 5.02 Å². The lowest BCUT2D eigenvalue weighted by Gasteiger charge is -2.40. The number of methoxy groups -OCH3 is 1. The van der Waals surface area contributed by atoms with Gasteiger partial charge in [0.1, 0.15) is 0 Å². The molecule has 1 saturated carbocycles.